The summed E-state index contributed by atoms with van der Waals surface area (Å²) in [6, 6.07) is 3.84. The summed E-state index contributed by atoms with van der Waals surface area (Å²) in [5.41, 5.74) is 5.42. The van der Waals surface area contributed by atoms with Gasteiger partial charge in [0.25, 0.3) is 0 Å². The Labute approximate surface area is 104 Å². The third kappa shape index (κ3) is 3.45. The summed E-state index contributed by atoms with van der Waals surface area (Å²) in [5.74, 6) is -1.21. The monoisotopic (exact) mass is 272 g/mol. The standard InChI is InChI=1S/C10H12N2O5S/c1-16-10(13)7-5-6(9(11)12)3-4-8(7)17-18(2,14)15/h3-5H,1-2H3,(H3,11,12). The molecule has 0 radical (unpaired) electrons. The van der Waals surface area contributed by atoms with E-state index < -0.39 is 16.1 Å². The first-order chi connectivity index (χ1) is 8.24. The van der Waals surface area contributed by atoms with Crippen LogP contribution in [0.3, 0.4) is 0 Å². The Hall–Kier alpha value is -2.09. The van der Waals surface area contributed by atoms with Crippen LogP contribution >= 0.6 is 0 Å². The van der Waals surface area contributed by atoms with Crippen LogP contribution in [-0.4, -0.2) is 33.6 Å². The third-order valence-electron chi connectivity index (χ3n) is 1.94. The summed E-state index contributed by atoms with van der Waals surface area (Å²) in [4.78, 5) is 11.5. The molecule has 0 aliphatic rings. The Balaban J connectivity index is 3.34. The van der Waals surface area contributed by atoms with Gasteiger partial charge in [-0.2, -0.15) is 8.42 Å². The fourth-order valence-corrected chi connectivity index (χ4v) is 1.67. The maximum Gasteiger partial charge on any atom is 0.341 e. The molecule has 0 heterocycles. The van der Waals surface area contributed by atoms with Gasteiger partial charge in [-0.1, -0.05) is 0 Å². The van der Waals surface area contributed by atoms with Gasteiger partial charge >= 0.3 is 16.1 Å². The molecule has 1 rings (SSSR count). The number of hydrogen-bond acceptors (Lipinski definition) is 6. The van der Waals surface area contributed by atoms with Gasteiger partial charge in [0, 0.05) is 5.56 Å². The van der Waals surface area contributed by atoms with E-state index in [9.17, 15) is 13.2 Å². The van der Waals surface area contributed by atoms with Gasteiger partial charge in [0.05, 0.1) is 13.4 Å². The number of nitrogens with one attached hydrogen (secondary N) is 1. The Morgan fingerprint density at radius 3 is 2.44 bits per heavy atom. The highest BCUT2D eigenvalue weighted by Crippen LogP contribution is 2.22. The Bertz CT molecular complexity index is 594. The topological polar surface area (TPSA) is 120 Å². The van der Waals surface area contributed by atoms with E-state index in [2.05, 4.69) is 8.92 Å². The molecule has 7 nitrogen and oxygen atoms in total. The molecule has 0 aliphatic carbocycles. The number of hydrogen-bond donors (Lipinski definition) is 2. The van der Waals surface area contributed by atoms with Crippen LogP contribution < -0.4 is 9.92 Å². The molecule has 1 aromatic carbocycles. The minimum atomic E-state index is -3.77. The first kappa shape index (κ1) is 14.0. The van der Waals surface area contributed by atoms with E-state index in [0.29, 0.717) is 0 Å². The number of benzene rings is 1. The zero-order valence-electron chi connectivity index (χ0n) is 9.76. The van der Waals surface area contributed by atoms with Crippen molar-refractivity contribution in [3.8, 4) is 5.75 Å². The lowest BCUT2D eigenvalue weighted by molar-refractivity contribution is 0.0599. The van der Waals surface area contributed by atoms with Crippen LogP contribution in [0.4, 0.5) is 0 Å². The van der Waals surface area contributed by atoms with Crippen molar-refractivity contribution in [2.75, 3.05) is 13.4 Å². The summed E-state index contributed by atoms with van der Waals surface area (Å²) in [6.07, 6.45) is 0.854. The Kier molecular flexibility index (Phi) is 3.92. The second kappa shape index (κ2) is 5.05. The normalized spacial score (nSPS) is 10.8. The second-order valence-electron chi connectivity index (χ2n) is 3.40. The van der Waals surface area contributed by atoms with E-state index >= 15 is 0 Å². The van der Waals surface area contributed by atoms with Gasteiger partial charge in [-0.15, -0.1) is 0 Å². The molecular weight excluding hydrogens is 260 g/mol. The summed E-state index contributed by atoms with van der Waals surface area (Å²) in [6.45, 7) is 0. The zero-order chi connectivity index (χ0) is 13.9. The SMILES string of the molecule is COC(=O)c1cc(C(=N)N)ccc1OS(C)(=O)=O. The van der Waals surface area contributed by atoms with Crippen molar-refractivity contribution in [3.05, 3.63) is 29.3 Å². The van der Waals surface area contributed by atoms with E-state index in [4.69, 9.17) is 11.1 Å². The van der Waals surface area contributed by atoms with Gasteiger partial charge in [0.2, 0.25) is 0 Å². The van der Waals surface area contributed by atoms with E-state index in [1.165, 1.54) is 18.2 Å². The van der Waals surface area contributed by atoms with E-state index in [1.54, 1.807) is 0 Å². The average Bonchev–Trinajstić information content (AvgIpc) is 2.26. The Morgan fingerprint density at radius 1 is 1.39 bits per heavy atom. The summed E-state index contributed by atoms with van der Waals surface area (Å²) >= 11 is 0. The molecule has 3 N–H and O–H groups in total. The lowest BCUT2D eigenvalue weighted by Gasteiger charge is -2.09. The third-order valence-corrected chi connectivity index (χ3v) is 2.42. The number of ether oxygens (including phenoxy) is 1. The average molecular weight is 272 g/mol. The van der Waals surface area contributed by atoms with Crippen LogP contribution in [0.5, 0.6) is 5.75 Å². The fourth-order valence-electron chi connectivity index (χ4n) is 1.20. The second-order valence-corrected chi connectivity index (χ2v) is 4.98. The molecule has 0 aromatic heterocycles. The van der Waals surface area contributed by atoms with Crippen molar-refractivity contribution in [1.29, 1.82) is 5.41 Å². The maximum absolute atomic E-state index is 11.5. The van der Waals surface area contributed by atoms with Crippen LogP contribution in [0.25, 0.3) is 0 Å². The molecule has 18 heavy (non-hydrogen) atoms. The molecular formula is C10H12N2O5S. The molecule has 0 amide bonds. The van der Waals surface area contributed by atoms with Gasteiger partial charge in [-0.3, -0.25) is 5.41 Å². The Morgan fingerprint density at radius 2 is 2.00 bits per heavy atom. The van der Waals surface area contributed by atoms with E-state index in [-0.39, 0.29) is 22.7 Å². The van der Waals surface area contributed by atoms with Crippen molar-refractivity contribution in [1.82, 2.24) is 0 Å². The quantitative estimate of drug-likeness (QED) is 0.347. The van der Waals surface area contributed by atoms with Gasteiger partial charge in [-0.25, -0.2) is 4.79 Å². The van der Waals surface area contributed by atoms with Gasteiger partial charge in [0.1, 0.15) is 11.4 Å². The van der Waals surface area contributed by atoms with Gasteiger partial charge < -0.3 is 14.7 Å². The van der Waals surface area contributed by atoms with Gasteiger partial charge in [0.15, 0.2) is 5.75 Å². The van der Waals surface area contributed by atoms with Crippen molar-refractivity contribution < 1.29 is 22.1 Å². The molecule has 0 fully saturated rings. The predicted molar refractivity (Wildman–Crippen MR) is 64.3 cm³/mol. The van der Waals surface area contributed by atoms with Crippen LogP contribution in [0.2, 0.25) is 0 Å². The molecule has 0 atom stereocenters. The molecule has 8 heteroatoms. The predicted octanol–water partition coefficient (Wildman–Crippen LogP) is 0.0957. The van der Waals surface area contributed by atoms with Crippen molar-refractivity contribution in [3.63, 3.8) is 0 Å². The molecule has 0 bridgehead atoms. The fraction of sp³-hybridized carbons (Fsp3) is 0.200. The highest BCUT2D eigenvalue weighted by atomic mass is 32.2. The number of methoxy groups -OCH3 is 1. The van der Waals surface area contributed by atoms with E-state index in [0.717, 1.165) is 13.4 Å². The number of carbonyl (C=O) groups is 1. The van der Waals surface area contributed by atoms with Crippen molar-refractivity contribution in [2.45, 2.75) is 0 Å². The first-order valence-electron chi connectivity index (χ1n) is 4.71. The van der Waals surface area contributed by atoms with Crippen LogP contribution in [0.15, 0.2) is 18.2 Å². The molecule has 0 unspecified atom stereocenters. The summed E-state index contributed by atoms with van der Waals surface area (Å²) in [5, 5.41) is 7.25. The molecule has 0 aliphatic heterocycles. The minimum absolute atomic E-state index is 0.115. The van der Waals surface area contributed by atoms with Crippen LogP contribution in [-0.2, 0) is 14.9 Å². The van der Waals surface area contributed by atoms with Crippen LogP contribution in [0, 0.1) is 5.41 Å². The molecule has 0 spiro atoms. The largest absolute Gasteiger partial charge is 0.465 e. The van der Waals surface area contributed by atoms with Crippen molar-refractivity contribution in [2.24, 2.45) is 5.73 Å². The highest BCUT2D eigenvalue weighted by Gasteiger charge is 2.18. The lowest BCUT2D eigenvalue weighted by Crippen LogP contribution is -2.15. The molecule has 98 valence electrons. The smallest absolute Gasteiger partial charge is 0.341 e. The maximum atomic E-state index is 11.5. The molecule has 0 saturated carbocycles. The number of carbonyl (C=O) groups excluding carboxylic acids is 1. The van der Waals surface area contributed by atoms with Crippen LogP contribution in [0.1, 0.15) is 15.9 Å². The van der Waals surface area contributed by atoms with Gasteiger partial charge in [-0.05, 0) is 18.2 Å². The molecule has 0 saturated heterocycles. The zero-order valence-corrected chi connectivity index (χ0v) is 10.6. The number of rotatable bonds is 4. The number of esters is 1. The first-order valence-corrected chi connectivity index (χ1v) is 6.52. The number of amidine groups is 1. The minimum Gasteiger partial charge on any atom is -0.465 e. The number of nitrogens with two attached hydrogens (primary N) is 1. The number of nitrogen functional groups attached to an aromatic ring is 1. The highest BCUT2D eigenvalue weighted by molar-refractivity contribution is 7.86. The summed E-state index contributed by atoms with van der Waals surface area (Å²) < 4.78 is 31.2. The molecule has 1 aromatic rings. The van der Waals surface area contributed by atoms with Crippen molar-refractivity contribution >= 4 is 21.9 Å². The summed E-state index contributed by atoms with van der Waals surface area (Å²) in [7, 11) is -2.62. The lowest BCUT2D eigenvalue weighted by atomic mass is 10.1. The van der Waals surface area contributed by atoms with E-state index in [1.807, 2.05) is 0 Å².